The standard InChI is InChI=1S/C14H17N3O2/c1-9(2)19-13-6-12-11(7-16-8-17-12)5-10(13)3-4-14(15)18/h5-9H,3-4H2,1-2H3,(H2,15,18). The average molecular weight is 259 g/mol. The van der Waals surface area contributed by atoms with Crippen LogP contribution in [0.5, 0.6) is 5.75 Å². The molecule has 0 radical (unpaired) electrons. The van der Waals surface area contributed by atoms with Crippen molar-refractivity contribution in [3.05, 3.63) is 30.2 Å². The molecular weight excluding hydrogens is 242 g/mol. The predicted octanol–water partition coefficient (Wildman–Crippen LogP) is 1.83. The molecule has 19 heavy (non-hydrogen) atoms. The smallest absolute Gasteiger partial charge is 0.217 e. The van der Waals surface area contributed by atoms with Crippen LogP contribution in [0.25, 0.3) is 10.9 Å². The lowest BCUT2D eigenvalue weighted by Crippen LogP contribution is -2.13. The van der Waals surface area contributed by atoms with Crippen LogP contribution in [0.4, 0.5) is 0 Å². The molecule has 0 aliphatic rings. The monoisotopic (exact) mass is 259 g/mol. The van der Waals surface area contributed by atoms with Crippen LogP contribution in [0.2, 0.25) is 0 Å². The highest BCUT2D eigenvalue weighted by Crippen LogP contribution is 2.26. The largest absolute Gasteiger partial charge is 0.491 e. The second-order valence-electron chi connectivity index (χ2n) is 4.67. The van der Waals surface area contributed by atoms with Crippen molar-refractivity contribution in [3.8, 4) is 5.75 Å². The van der Waals surface area contributed by atoms with E-state index < -0.39 is 0 Å². The minimum absolute atomic E-state index is 0.0617. The first-order chi connectivity index (χ1) is 9.06. The van der Waals surface area contributed by atoms with Crippen molar-refractivity contribution in [3.63, 3.8) is 0 Å². The van der Waals surface area contributed by atoms with Crippen molar-refractivity contribution in [1.82, 2.24) is 9.97 Å². The van der Waals surface area contributed by atoms with Gasteiger partial charge in [0.15, 0.2) is 0 Å². The Morgan fingerprint density at radius 1 is 1.42 bits per heavy atom. The Labute approximate surface area is 111 Å². The van der Waals surface area contributed by atoms with E-state index in [2.05, 4.69) is 9.97 Å². The third kappa shape index (κ3) is 3.40. The second-order valence-corrected chi connectivity index (χ2v) is 4.67. The Balaban J connectivity index is 2.41. The van der Waals surface area contributed by atoms with E-state index in [1.807, 2.05) is 26.0 Å². The predicted molar refractivity (Wildman–Crippen MR) is 72.8 cm³/mol. The number of nitrogens with zero attached hydrogens (tertiary/aromatic N) is 2. The van der Waals surface area contributed by atoms with Crippen LogP contribution in [-0.4, -0.2) is 22.0 Å². The van der Waals surface area contributed by atoms with Crippen molar-refractivity contribution in [1.29, 1.82) is 0 Å². The summed E-state index contributed by atoms with van der Waals surface area (Å²) in [6, 6.07) is 3.84. The molecule has 0 aliphatic heterocycles. The van der Waals surface area contributed by atoms with Gasteiger partial charge in [-0.15, -0.1) is 0 Å². The van der Waals surface area contributed by atoms with Crippen molar-refractivity contribution in [2.24, 2.45) is 5.73 Å². The summed E-state index contributed by atoms with van der Waals surface area (Å²) in [6.45, 7) is 3.92. The number of amides is 1. The highest BCUT2D eigenvalue weighted by molar-refractivity contribution is 5.81. The Morgan fingerprint density at radius 2 is 2.21 bits per heavy atom. The molecule has 1 amide bonds. The van der Waals surface area contributed by atoms with E-state index in [9.17, 15) is 4.79 Å². The van der Waals surface area contributed by atoms with E-state index in [0.717, 1.165) is 22.2 Å². The Hall–Kier alpha value is -2.17. The molecule has 0 aliphatic carbocycles. The fraction of sp³-hybridized carbons (Fsp3) is 0.357. The zero-order valence-corrected chi connectivity index (χ0v) is 11.1. The molecule has 2 aromatic rings. The molecule has 5 nitrogen and oxygen atoms in total. The zero-order chi connectivity index (χ0) is 13.8. The zero-order valence-electron chi connectivity index (χ0n) is 11.1. The summed E-state index contributed by atoms with van der Waals surface area (Å²) < 4.78 is 5.77. The van der Waals surface area contributed by atoms with E-state index in [4.69, 9.17) is 10.5 Å². The Morgan fingerprint density at radius 3 is 2.89 bits per heavy atom. The minimum Gasteiger partial charge on any atom is -0.491 e. The molecular formula is C14H17N3O2. The van der Waals surface area contributed by atoms with Crippen molar-refractivity contribution < 1.29 is 9.53 Å². The van der Waals surface area contributed by atoms with Crippen LogP contribution in [0.1, 0.15) is 25.8 Å². The van der Waals surface area contributed by atoms with Crippen LogP contribution in [0.3, 0.4) is 0 Å². The second kappa shape index (κ2) is 5.65. The van der Waals surface area contributed by atoms with Gasteiger partial charge in [0.05, 0.1) is 11.6 Å². The Bertz CT molecular complexity index is 596. The molecule has 1 heterocycles. The maximum Gasteiger partial charge on any atom is 0.217 e. The molecule has 0 fully saturated rings. The number of aryl methyl sites for hydroxylation is 1. The number of aromatic nitrogens is 2. The number of nitrogens with two attached hydrogens (primary N) is 1. The summed E-state index contributed by atoms with van der Waals surface area (Å²) in [5, 5.41) is 0.929. The normalized spacial score (nSPS) is 10.9. The molecule has 0 bridgehead atoms. The number of rotatable bonds is 5. The van der Waals surface area contributed by atoms with Crippen molar-refractivity contribution in [2.75, 3.05) is 0 Å². The lowest BCUT2D eigenvalue weighted by Gasteiger charge is -2.14. The lowest BCUT2D eigenvalue weighted by molar-refractivity contribution is -0.117. The number of carbonyl (C=O) groups excluding carboxylic acids is 1. The van der Waals surface area contributed by atoms with E-state index in [1.54, 1.807) is 6.20 Å². The minimum atomic E-state index is -0.320. The van der Waals surface area contributed by atoms with Crippen molar-refractivity contribution in [2.45, 2.75) is 32.8 Å². The van der Waals surface area contributed by atoms with Gasteiger partial charge in [0.25, 0.3) is 0 Å². The number of hydrogen-bond acceptors (Lipinski definition) is 4. The van der Waals surface area contributed by atoms with E-state index in [1.165, 1.54) is 6.33 Å². The third-order valence-corrected chi connectivity index (χ3v) is 2.69. The third-order valence-electron chi connectivity index (χ3n) is 2.69. The summed E-state index contributed by atoms with van der Waals surface area (Å²) in [7, 11) is 0. The van der Waals surface area contributed by atoms with Crippen LogP contribution in [-0.2, 0) is 11.2 Å². The summed E-state index contributed by atoms with van der Waals surface area (Å²) in [4.78, 5) is 19.1. The molecule has 1 aromatic carbocycles. The van der Waals surface area contributed by atoms with Gasteiger partial charge in [-0.25, -0.2) is 9.97 Å². The van der Waals surface area contributed by atoms with Gasteiger partial charge in [0.2, 0.25) is 5.91 Å². The number of hydrogen-bond donors (Lipinski definition) is 1. The first kappa shape index (κ1) is 13.3. The fourth-order valence-electron chi connectivity index (χ4n) is 1.87. The van der Waals surface area contributed by atoms with Gasteiger partial charge in [-0.1, -0.05) is 0 Å². The summed E-state index contributed by atoms with van der Waals surface area (Å²) >= 11 is 0. The van der Waals surface area contributed by atoms with E-state index in [0.29, 0.717) is 12.8 Å². The van der Waals surface area contributed by atoms with Crippen LogP contribution in [0, 0.1) is 0 Å². The lowest BCUT2D eigenvalue weighted by atomic mass is 10.1. The highest BCUT2D eigenvalue weighted by atomic mass is 16.5. The first-order valence-corrected chi connectivity index (χ1v) is 6.24. The van der Waals surface area contributed by atoms with Gasteiger partial charge >= 0.3 is 0 Å². The van der Waals surface area contributed by atoms with Gasteiger partial charge < -0.3 is 10.5 Å². The molecule has 0 unspecified atom stereocenters. The van der Waals surface area contributed by atoms with Gasteiger partial charge in [0, 0.05) is 24.1 Å². The molecule has 0 saturated carbocycles. The highest BCUT2D eigenvalue weighted by Gasteiger charge is 2.10. The molecule has 1 aromatic heterocycles. The Kier molecular flexibility index (Phi) is 3.94. The number of fused-ring (bicyclic) bond motifs is 1. The summed E-state index contributed by atoms with van der Waals surface area (Å²) in [6.07, 6.45) is 4.17. The summed E-state index contributed by atoms with van der Waals surface area (Å²) in [5.74, 6) is 0.433. The van der Waals surface area contributed by atoms with Crippen molar-refractivity contribution >= 4 is 16.8 Å². The molecule has 0 atom stereocenters. The first-order valence-electron chi connectivity index (χ1n) is 6.24. The molecule has 0 saturated heterocycles. The van der Waals surface area contributed by atoms with Crippen LogP contribution in [0.15, 0.2) is 24.7 Å². The number of carbonyl (C=O) groups is 1. The molecule has 5 heteroatoms. The molecule has 0 spiro atoms. The average Bonchev–Trinajstić information content (AvgIpc) is 2.35. The van der Waals surface area contributed by atoms with E-state index >= 15 is 0 Å². The van der Waals surface area contributed by atoms with Gasteiger partial charge in [0.1, 0.15) is 12.1 Å². The summed E-state index contributed by atoms with van der Waals surface area (Å²) in [5.41, 5.74) is 6.98. The number of primary amides is 1. The van der Waals surface area contributed by atoms with Gasteiger partial charge in [-0.2, -0.15) is 0 Å². The van der Waals surface area contributed by atoms with Gasteiger partial charge in [-0.05, 0) is 31.9 Å². The quantitative estimate of drug-likeness (QED) is 0.888. The SMILES string of the molecule is CC(C)Oc1cc2ncncc2cc1CCC(N)=O. The van der Waals surface area contributed by atoms with Crippen LogP contribution < -0.4 is 10.5 Å². The van der Waals surface area contributed by atoms with Gasteiger partial charge in [-0.3, -0.25) is 4.79 Å². The van der Waals surface area contributed by atoms with E-state index in [-0.39, 0.29) is 12.0 Å². The van der Waals surface area contributed by atoms with Crippen LogP contribution >= 0.6 is 0 Å². The topological polar surface area (TPSA) is 78.1 Å². The maximum absolute atomic E-state index is 10.9. The molecule has 2 rings (SSSR count). The number of ether oxygens (including phenoxy) is 1. The number of benzene rings is 1. The molecule has 2 N–H and O–H groups in total. The fourth-order valence-corrected chi connectivity index (χ4v) is 1.87. The maximum atomic E-state index is 10.9. The molecule has 100 valence electrons.